The van der Waals surface area contributed by atoms with Gasteiger partial charge in [-0.05, 0) is 63.8 Å². The molecule has 1 aromatic rings. The summed E-state index contributed by atoms with van der Waals surface area (Å²) in [6.45, 7) is 4.78. The molecule has 1 unspecified atom stereocenters. The van der Waals surface area contributed by atoms with Crippen LogP contribution in [0.25, 0.3) is 0 Å². The number of ether oxygens (including phenoxy) is 2. The molecule has 1 heterocycles. The second-order valence-corrected chi connectivity index (χ2v) is 12.4. The molecule has 3 rings (SSSR count). The summed E-state index contributed by atoms with van der Waals surface area (Å²) in [4.78, 5) is 36.7. The van der Waals surface area contributed by atoms with Gasteiger partial charge in [0.2, 0.25) is 0 Å². The van der Waals surface area contributed by atoms with Gasteiger partial charge in [0, 0.05) is 5.56 Å². The molecule has 0 bridgehead atoms. The molecule has 1 saturated heterocycles. The molecular weight excluding hydrogens is 517 g/mol. The molecule has 9 nitrogen and oxygen atoms in total. The average molecular weight is 546 g/mol. The third-order valence-corrected chi connectivity index (χ3v) is 6.77. The first-order valence-electron chi connectivity index (χ1n) is 10.9. The van der Waals surface area contributed by atoms with Crippen LogP contribution in [-0.4, -0.2) is 65.0 Å². The third kappa shape index (κ3) is 6.76. The standard InChI is InChI=1S/C21H28F5N3O6S/c1-20(2,3)35-19(32)29-11-21(12-29,34-10-13-4-5-13)16(18(31)28-33)27-17(30)14-6-8-15(9-7-14)36(22,23,24,25)26/h6-9,13,16,33H,4-5,10-12H2,1-3H3,(H,27,30)(H,28,31). The third-order valence-electron chi connectivity index (χ3n) is 5.61. The van der Waals surface area contributed by atoms with E-state index >= 15 is 0 Å². The van der Waals surface area contributed by atoms with E-state index in [0.717, 1.165) is 12.8 Å². The number of hydrogen-bond donors (Lipinski definition) is 3. The lowest BCUT2D eigenvalue weighted by molar-refractivity contribution is -0.172. The highest BCUT2D eigenvalue weighted by atomic mass is 32.5. The van der Waals surface area contributed by atoms with Crippen LogP contribution in [0.4, 0.5) is 24.2 Å². The van der Waals surface area contributed by atoms with Gasteiger partial charge in [0.25, 0.3) is 11.8 Å². The number of carbonyl (C=O) groups is 3. The van der Waals surface area contributed by atoms with Gasteiger partial charge in [0.1, 0.15) is 22.1 Å². The Labute approximate surface area is 204 Å². The van der Waals surface area contributed by atoms with Crippen molar-refractivity contribution in [3.63, 3.8) is 0 Å². The fourth-order valence-corrected chi connectivity index (χ4v) is 4.21. The fraction of sp³-hybridized carbons (Fsp3) is 0.571. The first kappa shape index (κ1) is 27.9. The number of likely N-dealkylation sites (tertiary alicyclic amines) is 1. The summed E-state index contributed by atoms with van der Waals surface area (Å²) in [6, 6.07) is -0.346. The van der Waals surface area contributed by atoms with Crippen molar-refractivity contribution in [2.45, 2.75) is 55.8 Å². The SMILES string of the molecule is CC(C)(C)OC(=O)N1CC(OCC2CC2)(C(NC(=O)c2ccc(S(F)(F)(F)(F)F)cc2)C(=O)NO)C1. The Hall–Kier alpha value is -2.65. The zero-order valence-electron chi connectivity index (χ0n) is 19.7. The molecule has 1 saturated carbocycles. The van der Waals surface area contributed by atoms with Crippen LogP contribution in [0.15, 0.2) is 29.2 Å². The van der Waals surface area contributed by atoms with Crippen LogP contribution in [0.2, 0.25) is 0 Å². The predicted octanol–water partition coefficient (Wildman–Crippen LogP) is 4.36. The zero-order chi connectivity index (χ0) is 27.2. The van der Waals surface area contributed by atoms with Gasteiger partial charge in [0.15, 0.2) is 0 Å². The quantitative estimate of drug-likeness (QED) is 0.254. The van der Waals surface area contributed by atoms with Crippen LogP contribution < -0.4 is 10.8 Å². The van der Waals surface area contributed by atoms with Crippen molar-refractivity contribution in [2.24, 2.45) is 5.92 Å². The number of hydroxylamine groups is 1. The molecule has 1 atom stereocenters. The lowest BCUT2D eigenvalue weighted by atomic mass is 9.84. The Balaban J connectivity index is 1.81. The second-order valence-electron chi connectivity index (χ2n) is 10.0. The fourth-order valence-electron chi connectivity index (χ4n) is 3.56. The highest BCUT2D eigenvalue weighted by Gasteiger charge is 2.65. The van der Waals surface area contributed by atoms with Crippen LogP contribution >= 0.6 is 10.2 Å². The van der Waals surface area contributed by atoms with E-state index in [1.54, 1.807) is 20.8 Å². The highest BCUT2D eigenvalue weighted by molar-refractivity contribution is 8.45. The predicted molar refractivity (Wildman–Crippen MR) is 118 cm³/mol. The van der Waals surface area contributed by atoms with Crippen molar-refractivity contribution >= 4 is 28.1 Å². The van der Waals surface area contributed by atoms with Crippen LogP contribution in [-0.2, 0) is 14.3 Å². The van der Waals surface area contributed by atoms with Crippen LogP contribution in [0, 0.1) is 5.92 Å². The monoisotopic (exact) mass is 545 g/mol. The Bertz CT molecular complexity index is 1040. The number of nitrogens with zero attached hydrogens (tertiary/aromatic N) is 1. The van der Waals surface area contributed by atoms with Crippen molar-refractivity contribution in [1.82, 2.24) is 15.7 Å². The molecule has 3 N–H and O–H groups in total. The van der Waals surface area contributed by atoms with Gasteiger partial charge in [-0.25, -0.2) is 10.3 Å². The largest absolute Gasteiger partial charge is 0.444 e. The summed E-state index contributed by atoms with van der Waals surface area (Å²) < 4.78 is 76.1. The van der Waals surface area contributed by atoms with Crippen molar-refractivity contribution in [1.29, 1.82) is 0 Å². The van der Waals surface area contributed by atoms with E-state index in [0.29, 0.717) is 12.1 Å². The maximum absolute atomic E-state index is 13.0. The maximum Gasteiger partial charge on any atom is 0.410 e. The number of benzene rings is 1. The van der Waals surface area contributed by atoms with E-state index in [1.807, 2.05) is 0 Å². The molecule has 15 heteroatoms. The van der Waals surface area contributed by atoms with Gasteiger partial charge >= 0.3 is 16.3 Å². The molecule has 204 valence electrons. The van der Waals surface area contributed by atoms with Crippen molar-refractivity contribution in [2.75, 3.05) is 19.7 Å². The van der Waals surface area contributed by atoms with Gasteiger partial charge < -0.3 is 19.7 Å². The molecule has 0 aromatic heterocycles. The van der Waals surface area contributed by atoms with Crippen molar-refractivity contribution in [3.05, 3.63) is 29.8 Å². The van der Waals surface area contributed by atoms with E-state index in [9.17, 15) is 39.0 Å². The summed E-state index contributed by atoms with van der Waals surface area (Å²) in [5, 5.41) is 11.5. The molecule has 1 aliphatic carbocycles. The molecule has 0 radical (unpaired) electrons. The van der Waals surface area contributed by atoms with E-state index in [1.165, 1.54) is 10.4 Å². The maximum atomic E-state index is 13.0. The van der Waals surface area contributed by atoms with Crippen molar-refractivity contribution < 1.29 is 48.5 Å². The summed E-state index contributed by atoms with van der Waals surface area (Å²) in [5.74, 6) is -1.97. The molecular formula is C21H28F5N3O6S. The number of halogens is 5. The topological polar surface area (TPSA) is 117 Å². The summed E-state index contributed by atoms with van der Waals surface area (Å²) in [5.41, 5.74) is -1.32. The normalized spacial score (nSPS) is 20.3. The number of carbonyl (C=O) groups excluding carboxylic acids is 3. The minimum Gasteiger partial charge on any atom is -0.444 e. The Morgan fingerprint density at radius 3 is 2.11 bits per heavy atom. The van der Waals surface area contributed by atoms with Gasteiger partial charge in [-0.3, -0.25) is 14.8 Å². The summed E-state index contributed by atoms with van der Waals surface area (Å²) >= 11 is 0. The Morgan fingerprint density at radius 1 is 1.11 bits per heavy atom. The van der Waals surface area contributed by atoms with Crippen molar-refractivity contribution in [3.8, 4) is 0 Å². The molecule has 1 aliphatic heterocycles. The minimum atomic E-state index is -9.94. The van der Waals surface area contributed by atoms with Gasteiger partial charge in [-0.2, -0.15) is 0 Å². The molecule has 1 aromatic carbocycles. The average Bonchev–Trinajstić information content (AvgIpc) is 3.52. The number of hydrogen-bond acceptors (Lipinski definition) is 6. The second kappa shape index (κ2) is 8.45. The zero-order valence-corrected chi connectivity index (χ0v) is 20.5. The molecule has 2 fully saturated rings. The lowest BCUT2D eigenvalue weighted by Crippen LogP contribution is -2.76. The number of nitrogens with one attached hydrogen (secondary N) is 2. The first-order chi connectivity index (χ1) is 16.2. The first-order valence-corrected chi connectivity index (χ1v) is 12.9. The van der Waals surface area contributed by atoms with E-state index in [-0.39, 0.29) is 37.7 Å². The van der Waals surface area contributed by atoms with Gasteiger partial charge in [0.05, 0.1) is 19.7 Å². The van der Waals surface area contributed by atoms with Gasteiger partial charge in [-0.1, -0.05) is 19.4 Å². The van der Waals surface area contributed by atoms with Gasteiger partial charge in [-0.15, -0.1) is 0 Å². The number of rotatable bonds is 8. The molecule has 3 amide bonds. The lowest BCUT2D eigenvalue weighted by Gasteiger charge is -2.52. The Kier molecular flexibility index (Phi) is 6.55. The number of amides is 3. The smallest absolute Gasteiger partial charge is 0.410 e. The Morgan fingerprint density at radius 2 is 1.67 bits per heavy atom. The molecule has 0 spiro atoms. The summed E-state index contributed by atoms with van der Waals surface area (Å²) in [7, 11) is -9.94. The molecule has 36 heavy (non-hydrogen) atoms. The van der Waals surface area contributed by atoms with E-state index < -0.39 is 55.8 Å². The molecule has 2 aliphatic rings. The minimum absolute atomic E-state index is 0.0739. The van der Waals surface area contributed by atoms with Crippen LogP contribution in [0.3, 0.4) is 0 Å². The van der Waals surface area contributed by atoms with E-state index in [2.05, 4.69) is 5.32 Å². The summed E-state index contributed by atoms with van der Waals surface area (Å²) in [6.07, 6.45) is 1.07. The highest BCUT2D eigenvalue weighted by Crippen LogP contribution is 3.02. The van der Waals surface area contributed by atoms with Crippen LogP contribution in [0.1, 0.15) is 44.0 Å². The van der Waals surface area contributed by atoms with Crippen LogP contribution in [0.5, 0.6) is 0 Å². The van der Waals surface area contributed by atoms with E-state index in [4.69, 9.17) is 9.47 Å².